The van der Waals surface area contributed by atoms with Crippen LogP contribution in [-0.2, 0) is 11.4 Å². The number of nitrogens with zero attached hydrogens (tertiary/aromatic N) is 2. The van der Waals surface area contributed by atoms with E-state index in [0.717, 1.165) is 0 Å². The summed E-state index contributed by atoms with van der Waals surface area (Å²) >= 11 is 19.0. The van der Waals surface area contributed by atoms with Gasteiger partial charge in [-0.2, -0.15) is 0 Å². The van der Waals surface area contributed by atoms with E-state index in [-0.39, 0.29) is 17.4 Å². The van der Waals surface area contributed by atoms with Gasteiger partial charge in [0.2, 0.25) is 0 Å². The van der Waals surface area contributed by atoms with E-state index in [1.165, 1.54) is 6.07 Å². The number of hydrogen-bond donors (Lipinski definition) is 0. The first-order chi connectivity index (χ1) is 11.5. The average Bonchev–Trinajstić information content (AvgIpc) is 3.08. The third-order valence-corrected chi connectivity index (χ3v) is 4.78. The standard InChI is InChI=1S/C18H13Cl3N2O/c19-14-6-7-15(16(20)10-14)17(24)18(21,11-23-9-8-22-12-23)13-4-2-1-3-5-13/h1-10,12H,11H2/t18-/m0/s1. The Morgan fingerprint density at radius 2 is 1.88 bits per heavy atom. The molecule has 1 atom stereocenters. The Bertz CT molecular complexity index is 850. The summed E-state index contributed by atoms with van der Waals surface area (Å²) in [6.45, 7) is 0.232. The van der Waals surface area contributed by atoms with Gasteiger partial charge in [-0.05, 0) is 23.8 Å². The van der Waals surface area contributed by atoms with Gasteiger partial charge < -0.3 is 4.57 Å². The molecule has 122 valence electrons. The lowest BCUT2D eigenvalue weighted by molar-refractivity contribution is 0.0926. The highest BCUT2D eigenvalue weighted by molar-refractivity contribution is 6.42. The summed E-state index contributed by atoms with van der Waals surface area (Å²) in [6.07, 6.45) is 5.02. The van der Waals surface area contributed by atoms with Crippen LogP contribution in [0, 0.1) is 0 Å². The van der Waals surface area contributed by atoms with E-state index in [9.17, 15) is 4.79 Å². The van der Waals surface area contributed by atoms with Crippen LogP contribution in [0.5, 0.6) is 0 Å². The van der Waals surface area contributed by atoms with Crippen molar-refractivity contribution in [3.63, 3.8) is 0 Å². The zero-order chi connectivity index (χ0) is 17.2. The molecule has 0 aliphatic heterocycles. The van der Waals surface area contributed by atoms with Gasteiger partial charge in [0.1, 0.15) is 0 Å². The molecule has 0 aliphatic carbocycles. The normalized spacial score (nSPS) is 13.5. The maximum absolute atomic E-state index is 13.2. The quantitative estimate of drug-likeness (QED) is 0.451. The van der Waals surface area contributed by atoms with Crippen LogP contribution < -0.4 is 0 Å². The molecule has 1 heterocycles. The molecule has 0 N–H and O–H groups in total. The molecule has 1 aromatic heterocycles. The van der Waals surface area contributed by atoms with Crippen LogP contribution in [0.25, 0.3) is 0 Å². The van der Waals surface area contributed by atoms with Gasteiger partial charge in [-0.25, -0.2) is 4.98 Å². The molecule has 6 heteroatoms. The van der Waals surface area contributed by atoms with E-state index in [1.807, 2.05) is 30.3 Å². The minimum Gasteiger partial charge on any atom is -0.335 e. The number of Topliss-reactive ketones (excluding diaryl/α,β-unsaturated/α-hetero) is 1. The lowest BCUT2D eigenvalue weighted by Crippen LogP contribution is -2.34. The number of benzene rings is 2. The molecule has 0 unspecified atom stereocenters. The molecule has 2 aromatic carbocycles. The van der Waals surface area contributed by atoms with Crippen molar-refractivity contribution in [1.82, 2.24) is 9.55 Å². The zero-order valence-electron chi connectivity index (χ0n) is 12.5. The van der Waals surface area contributed by atoms with E-state index in [4.69, 9.17) is 34.8 Å². The number of halogens is 3. The smallest absolute Gasteiger partial charge is 0.191 e. The maximum atomic E-state index is 13.2. The predicted molar refractivity (Wildman–Crippen MR) is 97.0 cm³/mol. The Kier molecular flexibility index (Phi) is 4.95. The van der Waals surface area contributed by atoms with Gasteiger partial charge in [-0.3, -0.25) is 4.79 Å². The Balaban J connectivity index is 2.08. The molecule has 3 rings (SSSR count). The summed E-state index contributed by atoms with van der Waals surface area (Å²) in [5.41, 5.74) is 1.02. The van der Waals surface area contributed by atoms with Crippen LogP contribution in [0.4, 0.5) is 0 Å². The van der Waals surface area contributed by atoms with Crippen molar-refractivity contribution in [2.24, 2.45) is 0 Å². The van der Waals surface area contributed by atoms with Crippen LogP contribution in [0.2, 0.25) is 10.0 Å². The predicted octanol–water partition coefficient (Wildman–Crippen LogP) is 5.21. The number of alkyl halides is 1. The molecule has 0 spiro atoms. The van der Waals surface area contributed by atoms with Crippen LogP contribution in [-0.4, -0.2) is 15.3 Å². The maximum Gasteiger partial charge on any atom is 0.191 e. The van der Waals surface area contributed by atoms with Gasteiger partial charge >= 0.3 is 0 Å². The Morgan fingerprint density at radius 1 is 1.12 bits per heavy atom. The first kappa shape index (κ1) is 17.0. The molecule has 24 heavy (non-hydrogen) atoms. The number of hydrogen-bond acceptors (Lipinski definition) is 2. The fraction of sp³-hybridized carbons (Fsp3) is 0.111. The summed E-state index contributed by atoms with van der Waals surface area (Å²) in [5.74, 6) is -0.286. The molecule has 0 saturated heterocycles. The number of ketones is 1. The number of aromatic nitrogens is 2. The number of imidazole rings is 1. The minimum atomic E-state index is -1.31. The molecule has 0 fully saturated rings. The molecule has 0 bridgehead atoms. The highest BCUT2D eigenvalue weighted by Gasteiger charge is 2.40. The van der Waals surface area contributed by atoms with Gasteiger partial charge in [-0.1, -0.05) is 53.5 Å². The highest BCUT2D eigenvalue weighted by atomic mass is 35.5. The Hall–Kier alpha value is -1.81. The second kappa shape index (κ2) is 6.98. The first-order valence-corrected chi connectivity index (χ1v) is 8.34. The zero-order valence-corrected chi connectivity index (χ0v) is 14.8. The monoisotopic (exact) mass is 378 g/mol. The van der Waals surface area contributed by atoms with Crippen LogP contribution in [0.15, 0.2) is 67.3 Å². The number of carbonyl (C=O) groups is 1. The van der Waals surface area contributed by atoms with Crippen molar-refractivity contribution in [2.45, 2.75) is 11.4 Å². The van der Waals surface area contributed by atoms with E-state index in [1.54, 1.807) is 35.4 Å². The molecule has 3 nitrogen and oxygen atoms in total. The van der Waals surface area contributed by atoms with Crippen molar-refractivity contribution < 1.29 is 4.79 Å². The van der Waals surface area contributed by atoms with E-state index in [2.05, 4.69) is 4.98 Å². The van der Waals surface area contributed by atoms with Crippen molar-refractivity contribution in [3.05, 3.63) is 88.4 Å². The van der Waals surface area contributed by atoms with Crippen LogP contribution >= 0.6 is 34.8 Å². The van der Waals surface area contributed by atoms with Gasteiger partial charge in [-0.15, -0.1) is 11.6 Å². The second-order valence-corrected chi connectivity index (χ2v) is 6.84. The molecular formula is C18H13Cl3N2O. The SMILES string of the molecule is O=C(c1ccc(Cl)cc1Cl)[C@](Cl)(Cn1ccnc1)c1ccccc1. The first-order valence-electron chi connectivity index (χ1n) is 7.21. The van der Waals surface area contributed by atoms with E-state index >= 15 is 0 Å². The number of rotatable bonds is 5. The molecule has 3 aromatic rings. The molecule has 0 aliphatic rings. The molecule has 0 amide bonds. The van der Waals surface area contributed by atoms with Gasteiger partial charge in [0.25, 0.3) is 0 Å². The molecular weight excluding hydrogens is 367 g/mol. The molecule has 0 saturated carbocycles. The Labute approximate surface area is 154 Å². The fourth-order valence-corrected chi connectivity index (χ4v) is 3.38. The van der Waals surface area contributed by atoms with Crippen molar-refractivity contribution in [3.8, 4) is 0 Å². The van der Waals surface area contributed by atoms with Crippen molar-refractivity contribution >= 4 is 40.6 Å². The van der Waals surface area contributed by atoms with Crippen molar-refractivity contribution in [2.75, 3.05) is 0 Å². The summed E-state index contributed by atoms with van der Waals surface area (Å²) in [4.78, 5) is 15.9. The summed E-state index contributed by atoms with van der Waals surface area (Å²) in [5, 5.41) is 0.741. The van der Waals surface area contributed by atoms with Crippen LogP contribution in [0.1, 0.15) is 15.9 Å². The van der Waals surface area contributed by atoms with Gasteiger partial charge in [0.05, 0.1) is 17.9 Å². The summed E-state index contributed by atoms with van der Waals surface area (Å²) in [6, 6.07) is 14.0. The van der Waals surface area contributed by atoms with Gasteiger partial charge in [0.15, 0.2) is 10.7 Å². The minimum absolute atomic E-state index is 0.232. The van der Waals surface area contributed by atoms with Crippen LogP contribution in [0.3, 0.4) is 0 Å². The molecule has 0 radical (unpaired) electrons. The van der Waals surface area contributed by atoms with E-state index in [0.29, 0.717) is 16.1 Å². The lowest BCUT2D eigenvalue weighted by atomic mass is 9.89. The second-order valence-electron chi connectivity index (χ2n) is 5.36. The lowest BCUT2D eigenvalue weighted by Gasteiger charge is -2.27. The Morgan fingerprint density at radius 3 is 2.50 bits per heavy atom. The third kappa shape index (κ3) is 3.34. The van der Waals surface area contributed by atoms with Crippen molar-refractivity contribution in [1.29, 1.82) is 0 Å². The average molecular weight is 380 g/mol. The summed E-state index contributed by atoms with van der Waals surface area (Å²) < 4.78 is 1.77. The number of carbonyl (C=O) groups excluding carboxylic acids is 1. The third-order valence-electron chi connectivity index (χ3n) is 3.73. The largest absolute Gasteiger partial charge is 0.335 e. The van der Waals surface area contributed by atoms with E-state index < -0.39 is 4.87 Å². The summed E-state index contributed by atoms with van der Waals surface area (Å²) in [7, 11) is 0. The van der Waals surface area contributed by atoms with Gasteiger partial charge in [0, 0.05) is 23.0 Å². The fourth-order valence-electron chi connectivity index (χ4n) is 2.52. The highest BCUT2D eigenvalue weighted by Crippen LogP contribution is 2.37. The topological polar surface area (TPSA) is 34.9 Å².